The molecule has 0 aliphatic rings. The molecule has 1 heterocycles. The van der Waals surface area contributed by atoms with Crippen molar-refractivity contribution in [1.82, 2.24) is 9.97 Å². The highest BCUT2D eigenvalue weighted by molar-refractivity contribution is 5.67. The lowest BCUT2D eigenvalue weighted by molar-refractivity contribution is 0.355. The van der Waals surface area contributed by atoms with Gasteiger partial charge in [-0.25, -0.2) is 9.97 Å². The zero-order valence-corrected chi connectivity index (χ0v) is 14.8. The molecule has 0 aliphatic heterocycles. The second-order valence-corrected chi connectivity index (χ2v) is 5.75. The summed E-state index contributed by atoms with van der Waals surface area (Å²) in [6, 6.07) is 15.9. The first kappa shape index (κ1) is 16.8. The van der Waals surface area contributed by atoms with Crippen molar-refractivity contribution in [2.24, 2.45) is 0 Å². The fraction of sp³-hybridized carbons (Fsp3) is 0.200. The van der Waals surface area contributed by atoms with Crippen LogP contribution in [0.4, 0.5) is 11.5 Å². The van der Waals surface area contributed by atoms with Crippen molar-refractivity contribution in [3.8, 4) is 22.8 Å². The van der Waals surface area contributed by atoms with Crippen LogP contribution in [0.5, 0.6) is 11.5 Å². The van der Waals surface area contributed by atoms with E-state index in [1.165, 1.54) is 5.56 Å². The monoisotopic (exact) mass is 335 g/mol. The molecule has 0 atom stereocenters. The van der Waals surface area contributed by atoms with Gasteiger partial charge in [-0.2, -0.15) is 0 Å². The lowest BCUT2D eigenvalue weighted by atomic mass is 10.1. The van der Waals surface area contributed by atoms with Crippen molar-refractivity contribution in [3.05, 3.63) is 59.9 Å². The Kier molecular flexibility index (Phi) is 4.84. The SMILES string of the molecule is COc1ccc(Nc2cc(-c3ccc(C)cc3)nc(C)n2)cc1OC. The van der Waals surface area contributed by atoms with Crippen LogP contribution in [0.2, 0.25) is 0 Å². The van der Waals surface area contributed by atoms with Gasteiger partial charge in [-0.3, -0.25) is 0 Å². The minimum absolute atomic E-state index is 0.664. The smallest absolute Gasteiger partial charge is 0.162 e. The maximum atomic E-state index is 5.34. The van der Waals surface area contributed by atoms with Gasteiger partial charge in [0.2, 0.25) is 0 Å². The number of aryl methyl sites for hydroxylation is 2. The van der Waals surface area contributed by atoms with E-state index < -0.39 is 0 Å². The fourth-order valence-corrected chi connectivity index (χ4v) is 2.57. The Bertz CT molecular complexity index is 877. The number of ether oxygens (including phenoxy) is 2. The summed E-state index contributed by atoms with van der Waals surface area (Å²) in [7, 11) is 3.23. The van der Waals surface area contributed by atoms with Gasteiger partial charge in [-0.1, -0.05) is 29.8 Å². The van der Waals surface area contributed by atoms with Crippen LogP contribution in [0.25, 0.3) is 11.3 Å². The lowest BCUT2D eigenvalue weighted by Crippen LogP contribution is -1.99. The molecule has 3 aromatic rings. The summed E-state index contributed by atoms with van der Waals surface area (Å²) in [5.41, 5.74) is 4.03. The molecule has 128 valence electrons. The first-order valence-electron chi connectivity index (χ1n) is 8.01. The van der Waals surface area contributed by atoms with Crippen molar-refractivity contribution >= 4 is 11.5 Å². The molecule has 0 radical (unpaired) electrons. The van der Waals surface area contributed by atoms with Crippen molar-refractivity contribution in [2.45, 2.75) is 13.8 Å². The van der Waals surface area contributed by atoms with Crippen LogP contribution in [0, 0.1) is 13.8 Å². The van der Waals surface area contributed by atoms with Crippen LogP contribution < -0.4 is 14.8 Å². The molecule has 1 N–H and O–H groups in total. The van der Waals surface area contributed by atoms with Crippen LogP contribution in [0.1, 0.15) is 11.4 Å². The molecular formula is C20H21N3O2. The Morgan fingerprint density at radius 2 is 1.52 bits per heavy atom. The highest BCUT2D eigenvalue weighted by atomic mass is 16.5. The number of rotatable bonds is 5. The predicted molar refractivity (Wildman–Crippen MR) is 99.8 cm³/mol. The summed E-state index contributed by atoms with van der Waals surface area (Å²) >= 11 is 0. The summed E-state index contributed by atoms with van der Waals surface area (Å²) in [6.07, 6.45) is 0. The van der Waals surface area contributed by atoms with Gasteiger partial charge in [0.1, 0.15) is 11.6 Å². The van der Waals surface area contributed by atoms with Gasteiger partial charge in [-0.05, 0) is 26.0 Å². The van der Waals surface area contributed by atoms with E-state index in [0.29, 0.717) is 17.3 Å². The van der Waals surface area contributed by atoms with Gasteiger partial charge in [0.25, 0.3) is 0 Å². The molecule has 1 aromatic heterocycles. The van der Waals surface area contributed by atoms with Crippen LogP contribution >= 0.6 is 0 Å². The van der Waals surface area contributed by atoms with E-state index in [1.807, 2.05) is 31.2 Å². The first-order valence-corrected chi connectivity index (χ1v) is 8.01. The van der Waals surface area contributed by atoms with Gasteiger partial charge < -0.3 is 14.8 Å². The predicted octanol–water partition coefficient (Wildman–Crippen LogP) is 4.52. The van der Waals surface area contributed by atoms with E-state index in [4.69, 9.17) is 9.47 Å². The molecule has 5 heteroatoms. The molecule has 5 nitrogen and oxygen atoms in total. The molecule has 3 rings (SSSR count). The van der Waals surface area contributed by atoms with Crippen LogP contribution in [0.3, 0.4) is 0 Å². The molecule has 0 aliphatic carbocycles. The van der Waals surface area contributed by atoms with Gasteiger partial charge in [0.05, 0.1) is 19.9 Å². The first-order chi connectivity index (χ1) is 12.1. The third kappa shape index (κ3) is 3.88. The molecule has 0 spiro atoms. The molecule has 0 saturated carbocycles. The van der Waals surface area contributed by atoms with Crippen molar-refractivity contribution < 1.29 is 9.47 Å². The quantitative estimate of drug-likeness (QED) is 0.743. The molecule has 25 heavy (non-hydrogen) atoms. The Morgan fingerprint density at radius 3 is 2.20 bits per heavy atom. The maximum absolute atomic E-state index is 5.34. The van der Waals surface area contributed by atoms with E-state index in [-0.39, 0.29) is 0 Å². The third-order valence-electron chi connectivity index (χ3n) is 3.84. The number of hydrogen-bond donors (Lipinski definition) is 1. The molecule has 0 bridgehead atoms. The average molecular weight is 335 g/mol. The van der Waals surface area contributed by atoms with Crippen molar-refractivity contribution in [1.29, 1.82) is 0 Å². The van der Waals surface area contributed by atoms with E-state index in [0.717, 1.165) is 22.8 Å². The molecular weight excluding hydrogens is 314 g/mol. The third-order valence-corrected chi connectivity index (χ3v) is 3.84. The molecule has 0 saturated heterocycles. The summed E-state index contributed by atoms with van der Waals surface area (Å²) in [5, 5.41) is 3.31. The number of methoxy groups -OCH3 is 2. The van der Waals surface area contributed by atoms with E-state index in [1.54, 1.807) is 14.2 Å². The average Bonchev–Trinajstić information content (AvgIpc) is 2.61. The second kappa shape index (κ2) is 7.21. The molecule has 0 amide bonds. The molecule has 0 fully saturated rings. The largest absolute Gasteiger partial charge is 0.493 e. The second-order valence-electron chi connectivity index (χ2n) is 5.75. The summed E-state index contributed by atoms with van der Waals surface area (Å²) < 4.78 is 10.6. The molecule has 2 aromatic carbocycles. The Labute approximate surface area is 147 Å². The van der Waals surface area contributed by atoms with E-state index in [9.17, 15) is 0 Å². The van der Waals surface area contributed by atoms with Crippen molar-refractivity contribution in [2.75, 3.05) is 19.5 Å². The molecule has 0 unspecified atom stereocenters. The number of nitrogens with one attached hydrogen (secondary N) is 1. The van der Waals surface area contributed by atoms with Gasteiger partial charge in [0.15, 0.2) is 11.5 Å². The van der Waals surface area contributed by atoms with Gasteiger partial charge in [-0.15, -0.1) is 0 Å². The van der Waals surface area contributed by atoms with Gasteiger partial charge >= 0.3 is 0 Å². The number of hydrogen-bond acceptors (Lipinski definition) is 5. The van der Waals surface area contributed by atoms with Gasteiger partial charge in [0, 0.05) is 23.4 Å². The summed E-state index contributed by atoms with van der Waals surface area (Å²) in [4.78, 5) is 9.02. The minimum Gasteiger partial charge on any atom is -0.493 e. The normalized spacial score (nSPS) is 10.4. The number of benzene rings is 2. The maximum Gasteiger partial charge on any atom is 0.162 e. The highest BCUT2D eigenvalue weighted by Crippen LogP contribution is 2.31. The zero-order chi connectivity index (χ0) is 17.8. The fourth-order valence-electron chi connectivity index (χ4n) is 2.57. The van der Waals surface area contributed by atoms with Crippen LogP contribution in [-0.4, -0.2) is 24.2 Å². The topological polar surface area (TPSA) is 56.3 Å². The Balaban J connectivity index is 1.92. The number of aromatic nitrogens is 2. The van der Waals surface area contributed by atoms with Crippen LogP contribution in [0.15, 0.2) is 48.5 Å². The van der Waals surface area contributed by atoms with Crippen molar-refractivity contribution in [3.63, 3.8) is 0 Å². The summed E-state index contributed by atoms with van der Waals surface area (Å²) in [6.45, 7) is 3.95. The number of anilines is 2. The summed E-state index contributed by atoms with van der Waals surface area (Å²) in [5.74, 6) is 2.79. The number of nitrogens with zero attached hydrogens (tertiary/aromatic N) is 2. The minimum atomic E-state index is 0.664. The Morgan fingerprint density at radius 1 is 0.800 bits per heavy atom. The highest BCUT2D eigenvalue weighted by Gasteiger charge is 2.08. The lowest BCUT2D eigenvalue weighted by Gasteiger charge is -2.12. The standard InChI is InChI=1S/C20H21N3O2/c1-13-5-7-15(8-6-13)17-12-20(22-14(2)21-17)23-16-9-10-18(24-3)19(11-16)25-4/h5-12H,1-4H3,(H,21,22,23). The van der Waals surface area contributed by atoms with Crippen LogP contribution in [-0.2, 0) is 0 Å². The van der Waals surface area contributed by atoms with E-state index in [2.05, 4.69) is 46.5 Å². The van der Waals surface area contributed by atoms with E-state index >= 15 is 0 Å². The Hall–Kier alpha value is -3.08. The zero-order valence-electron chi connectivity index (χ0n) is 14.8.